The van der Waals surface area contributed by atoms with Crippen molar-refractivity contribution in [1.82, 2.24) is 5.32 Å². The largest absolute Gasteiger partial charge is 0.364 e. The normalized spacial score (nSPS) is 18.1. The Hall–Kier alpha value is -1.32. The summed E-state index contributed by atoms with van der Waals surface area (Å²) >= 11 is 1.90. The minimum Gasteiger partial charge on any atom is -0.364 e. The van der Waals surface area contributed by atoms with Crippen LogP contribution >= 0.6 is 11.3 Å². The zero-order chi connectivity index (χ0) is 13.9. The standard InChI is InChI=1S/C17H22N2S/c1-3-18-12-14-4-6-15(7-5-14)19-10-8-17-16(13(19)2)9-11-20-17/h4-7,9,11,13,18H,3,8,10,12H2,1-2H3. The molecule has 1 aromatic carbocycles. The molecule has 1 N–H and O–H groups in total. The third-order valence-corrected chi connectivity index (χ3v) is 5.12. The first-order valence-electron chi connectivity index (χ1n) is 7.42. The first kappa shape index (κ1) is 13.7. The van der Waals surface area contributed by atoms with Gasteiger partial charge in [0.15, 0.2) is 0 Å². The van der Waals surface area contributed by atoms with Gasteiger partial charge in [-0.15, -0.1) is 11.3 Å². The van der Waals surface area contributed by atoms with Crippen LogP contribution in [-0.4, -0.2) is 13.1 Å². The molecule has 2 aromatic rings. The highest BCUT2D eigenvalue weighted by molar-refractivity contribution is 7.10. The maximum absolute atomic E-state index is 3.37. The SMILES string of the molecule is CCNCc1ccc(N2CCc3sccc3C2C)cc1. The fraction of sp³-hybridized carbons (Fsp3) is 0.412. The fourth-order valence-electron chi connectivity index (χ4n) is 2.94. The number of hydrogen-bond acceptors (Lipinski definition) is 3. The van der Waals surface area contributed by atoms with E-state index in [2.05, 4.69) is 59.8 Å². The maximum Gasteiger partial charge on any atom is 0.0525 e. The molecule has 1 aliphatic heterocycles. The Balaban J connectivity index is 1.76. The van der Waals surface area contributed by atoms with Crippen LogP contribution in [0.15, 0.2) is 35.7 Å². The van der Waals surface area contributed by atoms with Gasteiger partial charge in [-0.25, -0.2) is 0 Å². The molecule has 0 saturated heterocycles. The molecule has 3 heteroatoms. The van der Waals surface area contributed by atoms with E-state index in [1.165, 1.54) is 23.2 Å². The summed E-state index contributed by atoms with van der Waals surface area (Å²) in [5.41, 5.74) is 4.21. The van der Waals surface area contributed by atoms with Gasteiger partial charge in [-0.2, -0.15) is 0 Å². The third-order valence-electron chi connectivity index (χ3n) is 4.12. The molecular weight excluding hydrogens is 264 g/mol. The number of hydrogen-bond donors (Lipinski definition) is 1. The van der Waals surface area contributed by atoms with Crippen molar-refractivity contribution < 1.29 is 0 Å². The molecule has 2 heterocycles. The predicted molar refractivity (Wildman–Crippen MR) is 87.6 cm³/mol. The van der Waals surface area contributed by atoms with Crippen molar-refractivity contribution in [1.29, 1.82) is 0 Å². The van der Waals surface area contributed by atoms with E-state index in [0.29, 0.717) is 6.04 Å². The monoisotopic (exact) mass is 286 g/mol. The molecule has 0 aliphatic carbocycles. The smallest absolute Gasteiger partial charge is 0.0525 e. The van der Waals surface area contributed by atoms with Crippen molar-refractivity contribution in [3.05, 3.63) is 51.7 Å². The lowest BCUT2D eigenvalue weighted by Gasteiger charge is -2.35. The average Bonchev–Trinajstić information content (AvgIpc) is 2.96. The van der Waals surface area contributed by atoms with Crippen molar-refractivity contribution in [2.75, 3.05) is 18.0 Å². The lowest BCUT2D eigenvalue weighted by molar-refractivity contribution is 0.632. The van der Waals surface area contributed by atoms with Crippen molar-refractivity contribution in [3.63, 3.8) is 0 Å². The number of anilines is 1. The molecule has 0 spiro atoms. The molecular formula is C17H22N2S. The molecule has 20 heavy (non-hydrogen) atoms. The van der Waals surface area contributed by atoms with Crippen molar-refractivity contribution in [3.8, 4) is 0 Å². The molecule has 3 rings (SSSR count). The highest BCUT2D eigenvalue weighted by atomic mass is 32.1. The maximum atomic E-state index is 3.37. The zero-order valence-electron chi connectivity index (χ0n) is 12.2. The third kappa shape index (κ3) is 2.60. The second-order valence-corrected chi connectivity index (χ2v) is 6.37. The Kier molecular flexibility index (Phi) is 4.08. The fourth-order valence-corrected chi connectivity index (χ4v) is 3.90. The number of thiophene rings is 1. The Morgan fingerprint density at radius 2 is 2.05 bits per heavy atom. The topological polar surface area (TPSA) is 15.3 Å². The molecule has 1 unspecified atom stereocenters. The Morgan fingerprint density at radius 3 is 2.80 bits per heavy atom. The number of nitrogens with one attached hydrogen (secondary N) is 1. The van der Waals surface area contributed by atoms with Gasteiger partial charge in [0.25, 0.3) is 0 Å². The van der Waals surface area contributed by atoms with Gasteiger partial charge in [0, 0.05) is 23.7 Å². The molecule has 1 aliphatic rings. The van der Waals surface area contributed by atoms with Crippen LogP contribution in [0.3, 0.4) is 0 Å². The van der Waals surface area contributed by atoms with Gasteiger partial charge in [0.05, 0.1) is 6.04 Å². The number of rotatable bonds is 4. The summed E-state index contributed by atoms with van der Waals surface area (Å²) in [6.07, 6.45) is 1.18. The number of benzene rings is 1. The average molecular weight is 286 g/mol. The van der Waals surface area contributed by atoms with E-state index >= 15 is 0 Å². The van der Waals surface area contributed by atoms with Crippen molar-refractivity contribution in [2.24, 2.45) is 0 Å². The van der Waals surface area contributed by atoms with Gasteiger partial charge in [-0.05, 0) is 54.6 Å². The van der Waals surface area contributed by atoms with Crippen molar-refractivity contribution in [2.45, 2.75) is 32.9 Å². The minimum absolute atomic E-state index is 0.490. The van der Waals surface area contributed by atoms with Gasteiger partial charge >= 0.3 is 0 Å². The predicted octanol–water partition coefficient (Wildman–Crippen LogP) is 3.98. The minimum atomic E-state index is 0.490. The van der Waals surface area contributed by atoms with Crippen LogP contribution in [-0.2, 0) is 13.0 Å². The first-order valence-corrected chi connectivity index (χ1v) is 8.30. The summed E-state index contributed by atoms with van der Waals surface area (Å²) < 4.78 is 0. The van der Waals surface area contributed by atoms with Gasteiger partial charge in [-0.1, -0.05) is 19.1 Å². The van der Waals surface area contributed by atoms with Crippen LogP contribution in [0, 0.1) is 0 Å². The van der Waals surface area contributed by atoms with Gasteiger partial charge in [0.2, 0.25) is 0 Å². The summed E-state index contributed by atoms with van der Waals surface area (Å²) in [4.78, 5) is 4.09. The van der Waals surface area contributed by atoms with Crippen LogP contribution in [0.2, 0.25) is 0 Å². The first-order chi connectivity index (χ1) is 9.79. The highest BCUT2D eigenvalue weighted by Gasteiger charge is 2.24. The quantitative estimate of drug-likeness (QED) is 0.914. The van der Waals surface area contributed by atoms with Crippen LogP contribution in [0.4, 0.5) is 5.69 Å². The molecule has 0 radical (unpaired) electrons. The van der Waals surface area contributed by atoms with E-state index in [9.17, 15) is 0 Å². The summed E-state index contributed by atoms with van der Waals surface area (Å²) in [6, 6.07) is 11.8. The van der Waals surface area contributed by atoms with Gasteiger partial charge in [-0.3, -0.25) is 0 Å². The Morgan fingerprint density at radius 1 is 1.25 bits per heavy atom. The lowest BCUT2D eigenvalue weighted by atomic mass is 10.0. The van der Waals surface area contributed by atoms with E-state index in [1.807, 2.05) is 11.3 Å². The summed E-state index contributed by atoms with van der Waals surface area (Å²) in [7, 11) is 0. The van der Waals surface area contributed by atoms with Crippen LogP contribution in [0.25, 0.3) is 0 Å². The summed E-state index contributed by atoms with van der Waals surface area (Å²) in [6.45, 7) is 7.56. The lowest BCUT2D eigenvalue weighted by Crippen LogP contribution is -2.33. The van der Waals surface area contributed by atoms with E-state index in [0.717, 1.165) is 19.6 Å². The van der Waals surface area contributed by atoms with E-state index in [-0.39, 0.29) is 0 Å². The highest BCUT2D eigenvalue weighted by Crippen LogP contribution is 2.35. The Labute approximate surface area is 125 Å². The molecule has 1 atom stereocenters. The zero-order valence-corrected chi connectivity index (χ0v) is 13.0. The molecule has 0 amide bonds. The molecule has 0 saturated carbocycles. The Bertz CT molecular complexity index is 559. The van der Waals surface area contributed by atoms with Crippen LogP contribution in [0.1, 0.15) is 35.9 Å². The summed E-state index contributed by atoms with van der Waals surface area (Å²) in [5, 5.41) is 5.60. The van der Waals surface area contributed by atoms with Crippen LogP contribution in [0.5, 0.6) is 0 Å². The molecule has 0 fully saturated rings. The molecule has 0 bridgehead atoms. The molecule has 2 nitrogen and oxygen atoms in total. The van der Waals surface area contributed by atoms with Crippen molar-refractivity contribution >= 4 is 17.0 Å². The van der Waals surface area contributed by atoms with Crippen LogP contribution < -0.4 is 10.2 Å². The van der Waals surface area contributed by atoms with Gasteiger partial charge < -0.3 is 10.2 Å². The second kappa shape index (κ2) is 5.98. The van der Waals surface area contributed by atoms with Gasteiger partial charge in [0.1, 0.15) is 0 Å². The number of nitrogens with zero attached hydrogens (tertiary/aromatic N) is 1. The van der Waals surface area contributed by atoms with E-state index in [4.69, 9.17) is 0 Å². The molecule has 1 aromatic heterocycles. The second-order valence-electron chi connectivity index (χ2n) is 5.37. The number of fused-ring (bicyclic) bond motifs is 1. The van der Waals surface area contributed by atoms with E-state index < -0.39 is 0 Å². The van der Waals surface area contributed by atoms with E-state index in [1.54, 1.807) is 4.88 Å². The molecule has 106 valence electrons. The summed E-state index contributed by atoms with van der Waals surface area (Å²) in [5.74, 6) is 0.